The minimum atomic E-state index is 0.864. The van der Waals surface area contributed by atoms with Crippen molar-refractivity contribution in [2.24, 2.45) is 0 Å². The predicted octanol–water partition coefficient (Wildman–Crippen LogP) is -0.276. The van der Waals surface area contributed by atoms with Gasteiger partial charge in [-0.1, -0.05) is 0 Å². The molecule has 0 amide bonds. The first kappa shape index (κ1) is 10.7. The third-order valence-corrected chi connectivity index (χ3v) is 5.30. The molecule has 4 saturated heterocycles. The maximum Gasteiger partial charge on any atom is 0.0513 e. The molecule has 4 aliphatic heterocycles. The van der Waals surface area contributed by atoms with Gasteiger partial charge in [0.2, 0.25) is 0 Å². The Bertz CT molecular complexity index is 267. The van der Waals surface area contributed by atoms with E-state index in [4.69, 9.17) is 0 Å². The molecule has 0 N–H and O–H groups in total. The smallest absolute Gasteiger partial charge is 0.0513 e. The average molecular weight is 236 g/mol. The van der Waals surface area contributed by atoms with Crippen LogP contribution in [0.25, 0.3) is 0 Å². The van der Waals surface area contributed by atoms with E-state index in [1.165, 1.54) is 71.9 Å². The first-order valence-electron chi connectivity index (χ1n) is 7.31. The van der Waals surface area contributed by atoms with E-state index >= 15 is 0 Å². The van der Waals surface area contributed by atoms with Gasteiger partial charge >= 0.3 is 0 Å². The highest BCUT2D eigenvalue weighted by Crippen LogP contribution is 2.24. The molecule has 96 valence electrons. The molecule has 4 fully saturated rings. The fraction of sp³-hybridized carbons (Fsp3) is 1.00. The maximum absolute atomic E-state index is 2.76. The molecule has 0 saturated carbocycles. The van der Waals surface area contributed by atoms with Crippen LogP contribution < -0.4 is 0 Å². The van der Waals surface area contributed by atoms with E-state index < -0.39 is 0 Å². The Morgan fingerprint density at radius 3 is 1.71 bits per heavy atom. The fourth-order valence-electron chi connectivity index (χ4n) is 4.14. The number of hydrogen-bond acceptors (Lipinski definition) is 4. The summed E-state index contributed by atoms with van der Waals surface area (Å²) in [6, 6.07) is 1.73. The van der Waals surface area contributed by atoms with E-state index in [9.17, 15) is 0 Å². The van der Waals surface area contributed by atoms with Crippen molar-refractivity contribution in [1.82, 2.24) is 19.6 Å². The first-order valence-corrected chi connectivity index (χ1v) is 7.31. The standard InChI is InChI=1S/C13H24N4/c1-3-14-5-7-16(12(1)9-14)11-17-8-6-15-4-2-13(17)10-15/h12-13H,1-11H2. The molecule has 4 bridgehead atoms. The van der Waals surface area contributed by atoms with Gasteiger partial charge in [0, 0.05) is 51.4 Å². The quantitative estimate of drug-likeness (QED) is 0.654. The van der Waals surface area contributed by atoms with Crippen molar-refractivity contribution in [3.63, 3.8) is 0 Å². The SMILES string of the molecule is C1CN2CCN(CN3CCN4CCC3C4)C1C2. The molecule has 4 nitrogen and oxygen atoms in total. The van der Waals surface area contributed by atoms with Crippen LogP contribution in [0.4, 0.5) is 0 Å². The third kappa shape index (κ3) is 1.91. The molecule has 0 aromatic carbocycles. The number of hydrogen-bond donors (Lipinski definition) is 0. The Labute approximate surface area is 104 Å². The van der Waals surface area contributed by atoms with Gasteiger partial charge in [0.05, 0.1) is 6.67 Å². The van der Waals surface area contributed by atoms with E-state index in [1.54, 1.807) is 0 Å². The molecule has 4 rings (SSSR count). The van der Waals surface area contributed by atoms with Crippen LogP contribution in [0.1, 0.15) is 12.8 Å². The van der Waals surface area contributed by atoms with Gasteiger partial charge in [0.15, 0.2) is 0 Å². The molecule has 4 heteroatoms. The predicted molar refractivity (Wildman–Crippen MR) is 68.0 cm³/mol. The highest BCUT2D eigenvalue weighted by Gasteiger charge is 2.37. The maximum atomic E-state index is 2.76. The van der Waals surface area contributed by atoms with Crippen LogP contribution in [0.3, 0.4) is 0 Å². The van der Waals surface area contributed by atoms with Gasteiger partial charge in [-0.25, -0.2) is 0 Å². The largest absolute Gasteiger partial charge is 0.300 e. The molecular weight excluding hydrogens is 212 g/mol. The van der Waals surface area contributed by atoms with Crippen LogP contribution in [0, 0.1) is 0 Å². The Morgan fingerprint density at radius 2 is 1.18 bits per heavy atom. The summed E-state index contributed by atoms with van der Waals surface area (Å²) in [6.45, 7) is 11.8. The van der Waals surface area contributed by atoms with Crippen molar-refractivity contribution < 1.29 is 0 Å². The normalized spacial score (nSPS) is 46.6. The van der Waals surface area contributed by atoms with Crippen molar-refractivity contribution in [3.8, 4) is 0 Å². The van der Waals surface area contributed by atoms with Crippen molar-refractivity contribution in [3.05, 3.63) is 0 Å². The van der Waals surface area contributed by atoms with Gasteiger partial charge in [-0.3, -0.25) is 9.80 Å². The molecular formula is C13H24N4. The number of nitrogens with zero attached hydrogens (tertiary/aromatic N) is 4. The minimum Gasteiger partial charge on any atom is -0.300 e. The van der Waals surface area contributed by atoms with E-state index in [-0.39, 0.29) is 0 Å². The molecule has 17 heavy (non-hydrogen) atoms. The topological polar surface area (TPSA) is 13.0 Å². The number of fused-ring (bicyclic) bond motifs is 4. The Hall–Kier alpha value is -0.160. The second-order valence-electron chi connectivity index (χ2n) is 6.25. The first-order chi connectivity index (χ1) is 8.38. The van der Waals surface area contributed by atoms with E-state index in [2.05, 4.69) is 19.6 Å². The molecule has 4 atom stereocenters. The lowest BCUT2D eigenvalue weighted by atomic mass is 10.2. The fourth-order valence-corrected chi connectivity index (χ4v) is 4.14. The van der Waals surface area contributed by atoms with E-state index in [0.29, 0.717) is 0 Å². The van der Waals surface area contributed by atoms with Crippen LogP contribution in [-0.4, -0.2) is 90.7 Å². The van der Waals surface area contributed by atoms with E-state index in [0.717, 1.165) is 12.1 Å². The molecule has 4 unspecified atom stereocenters. The lowest BCUT2D eigenvalue weighted by Gasteiger charge is -2.41. The molecule has 0 radical (unpaired) electrons. The average Bonchev–Trinajstić information content (AvgIpc) is 2.92. The van der Waals surface area contributed by atoms with Gasteiger partial charge in [-0.2, -0.15) is 0 Å². The number of rotatable bonds is 2. The molecule has 0 spiro atoms. The van der Waals surface area contributed by atoms with Crippen LogP contribution in [0.5, 0.6) is 0 Å². The van der Waals surface area contributed by atoms with Gasteiger partial charge in [0.1, 0.15) is 0 Å². The summed E-state index contributed by atoms with van der Waals surface area (Å²) >= 11 is 0. The summed E-state index contributed by atoms with van der Waals surface area (Å²) in [5.41, 5.74) is 0. The van der Waals surface area contributed by atoms with Crippen molar-refractivity contribution in [2.45, 2.75) is 24.9 Å². The molecule has 0 aliphatic carbocycles. The highest BCUT2D eigenvalue weighted by molar-refractivity contribution is 4.92. The summed E-state index contributed by atoms with van der Waals surface area (Å²) in [4.78, 5) is 10.8. The van der Waals surface area contributed by atoms with Crippen LogP contribution >= 0.6 is 0 Å². The second-order valence-corrected chi connectivity index (χ2v) is 6.25. The summed E-state index contributed by atoms with van der Waals surface area (Å²) < 4.78 is 0. The van der Waals surface area contributed by atoms with Crippen molar-refractivity contribution >= 4 is 0 Å². The van der Waals surface area contributed by atoms with Gasteiger partial charge in [0.25, 0.3) is 0 Å². The second kappa shape index (κ2) is 4.19. The van der Waals surface area contributed by atoms with Crippen molar-refractivity contribution in [1.29, 1.82) is 0 Å². The molecule has 0 aromatic heterocycles. The Kier molecular flexibility index (Phi) is 2.65. The summed E-state index contributed by atoms with van der Waals surface area (Å²) in [6.07, 6.45) is 2.81. The van der Waals surface area contributed by atoms with Crippen LogP contribution in [0.2, 0.25) is 0 Å². The van der Waals surface area contributed by atoms with Gasteiger partial charge < -0.3 is 9.80 Å². The zero-order valence-electron chi connectivity index (χ0n) is 10.7. The van der Waals surface area contributed by atoms with Crippen LogP contribution in [-0.2, 0) is 0 Å². The molecule has 0 aromatic rings. The lowest BCUT2D eigenvalue weighted by molar-refractivity contribution is 0.0283. The monoisotopic (exact) mass is 236 g/mol. The number of piperazine rings is 2. The van der Waals surface area contributed by atoms with Crippen molar-refractivity contribution in [2.75, 3.05) is 59.0 Å². The van der Waals surface area contributed by atoms with E-state index in [1.807, 2.05) is 0 Å². The third-order valence-electron chi connectivity index (χ3n) is 5.30. The Balaban J connectivity index is 1.40. The van der Waals surface area contributed by atoms with Crippen LogP contribution in [0.15, 0.2) is 0 Å². The molecule has 4 heterocycles. The zero-order chi connectivity index (χ0) is 11.2. The summed E-state index contributed by atoms with van der Waals surface area (Å²) in [5, 5.41) is 0. The lowest BCUT2D eigenvalue weighted by Crippen LogP contribution is -2.55. The highest BCUT2D eigenvalue weighted by atomic mass is 15.4. The Morgan fingerprint density at radius 1 is 0.647 bits per heavy atom. The minimum absolute atomic E-state index is 0.864. The summed E-state index contributed by atoms with van der Waals surface area (Å²) in [7, 11) is 0. The van der Waals surface area contributed by atoms with Gasteiger partial charge in [-0.15, -0.1) is 0 Å². The molecule has 4 aliphatic rings. The zero-order valence-corrected chi connectivity index (χ0v) is 10.7. The van der Waals surface area contributed by atoms with Gasteiger partial charge in [-0.05, 0) is 25.9 Å². The summed E-state index contributed by atoms with van der Waals surface area (Å²) in [5.74, 6) is 0.